The molecule has 0 aromatic rings. The molecule has 1 aliphatic rings. The van der Waals surface area contributed by atoms with E-state index in [0.717, 1.165) is 26.2 Å². The van der Waals surface area contributed by atoms with E-state index in [1.807, 2.05) is 17.9 Å². The molecule has 86 valence electrons. The summed E-state index contributed by atoms with van der Waals surface area (Å²) in [6.45, 7) is 10.1. The molecule has 1 fully saturated rings. The summed E-state index contributed by atoms with van der Waals surface area (Å²) in [4.78, 5) is 16.0. The van der Waals surface area contributed by atoms with Gasteiger partial charge in [0.25, 0.3) is 0 Å². The average molecular weight is 210 g/mol. The van der Waals surface area contributed by atoms with Crippen LogP contribution in [0, 0.1) is 0 Å². The Morgan fingerprint density at radius 1 is 1.33 bits per heavy atom. The van der Waals surface area contributed by atoms with E-state index in [1.54, 1.807) is 6.08 Å². The number of rotatable bonds is 3. The van der Waals surface area contributed by atoms with Crippen molar-refractivity contribution in [2.24, 2.45) is 0 Å². The fourth-order valence-electron chi connectivity index (χ4n) is 1.89. The second-order valence-electron chi connectivity index (χ2n) is 4.12. The van der Waals surface area contributed by atoms with Crippen LogP contribution < -0.4 is 0 Å². The van der Waals surface area contributed by atoms with E-state index in [1.165, 1.54) is 6.42 Å². The van der Waals surface area contributed by atoms with Crippen LogP contribution in [0.5, 0.6) is 0 Å². The summed E-state index contributed by atoms with van der Waals surface area (Å²) in [6.07, 6.45) is 4.64. The molecule has 0 N–H and O–H groups in total. The van der Waals surface area contributed by atoms with Gasteiger partial charge >= 0.3 is 0 Å². The zero-order valence-electron chi connectivity index (χ0n) is 10.1. The zero-order chi connectivity index (χ0) is 11.3. The van der Waals surface area contributed by atoms with E-state index in [0.29, 0.717) is 6.04 Å². The fourth-order valence-corrected chi connectivity index (χ4v) is 1.89. The van der Waals surface area contributed by atoms with Gasteiger partial charge in [0.15, 0.2) is 0 Å². The fraction of sp³-hybridized carbons (Fsp3) is 0.750. The van der Waals surface area contributed by atoms with Crippen molar-refractivity contribution in [2.45, 2.75) is 33.2 Å². The Bertz CT molecular complexity index is 230. The van der Waals surface area contributed by atoms with Crippen molar-refractivity contribution in [2.75, 3.05) is 26.2 Å². The van der Waals surface area contributed by atoms with Crippen molar-refractivity contribution in [1.29, 1.82) is 0 Å². The minimum atomic E-state index is 0.154. The predicted octanol–water partition coefficient (Wildman–Crippen LogP) is 1.51. The molecule has 1 rings (SSSR count). The van der Waals surface area contributed by atoms with Crippen molar-refractivity contribution in [1.82, 2.24) is 9.80 Å². The van der Waals surface area contributed by atoms with Crippen LogP contribution in [-0.2, 0) is 4.79 Å². The first-order valence-corrected chi connectivity index (χ1v) is 5.84. The Balaban J connectivity index is 2.38. The van der Waals surface area contributed by atoms with Crippen molar-refractivity contribution in [3.8, 4) is 0 Å². The molecule has 0 radical (unpaired) electrons. The van der Waals surface area contributed by atoms with Crippen LogP contribution in [0.1, 0.15) is 27.2 Å². The maximum atomic E-state index is 11.6. The highest BCUT2D eigenvalue weighted by molar-refractivity contribution is 5.87. The Morgan fingerprint density at radius 2 is 1.93 bits per heavy atom. The van der Waals surface area contributed by atoms with Crippen LogP contribution in [0.25, 0.3) is 0 Å². The van der Waals surface area contributed by atoms with Crippen LogP contribution in [-0.4, -0.2) is 47.9 Å². The number of piperazine rings is 1. The van der Waals surface area contributed by atoms with Crippen LogP contribution in [0.3, 0.4) is 0 Å². The standard InChI is InChI=1S/C12H22N2O/c1-4-6-12(15)14-9-7-13(8-10-14)11(3)5-2/h4,6,11H,5,7-10H2,1-3H3. The van der Waals surface area contributed by atoms with Gasteiger partial charge in [0.1, 0.15) is 0 Å². The molecule has 15 heavy (non-hydrogen) atoms. The Morgan fingerprint density at radius 3 is 2.40 bits per heavy atom. The Kier molecular flexibility index (Phi) is 4.82. The Labute approximate surface area is 92.7 Å². The molecular formula is C12H22N2O. The maximum absolute atomic E-state index is 11.6. The summed E-state index contributed by atoms with van der Waals surface area (Å²) < 4.78 is 0. The molecule has 1 atom stereocenters. The first-order valence-electron chi connectivity index (χ1n) is 5.84. The van der Waals surface area contributed by atoms with Crippen LogP contribution in [0.2, 0.25) is 0 Å². The van der Waals surface area contributed by atoms with Gasteiger partial charge in [0.2, 0.25) is 5.91 Å². The molecule has 0 spiro atoms. The van der Waals surface area contributed by atoms with Crippen LogP contribution in [0.4, 0.5) is 0 Å². The Hall–Kier alpha value is -0.830. The lowest BCUT2D eigenvalue weighted by atomic mass is 10.2. The largest absolute Gasteiger partial charge is 0.337 e. The number of hydrogen-bond acceptors (Lipinski definition) is 2. The van der Waals surface area contributed by atoms with Gasteiger partial charge in [-0.15, -0.1) is 0 Å². The van der Waals surface area contributed by atoms with Crippen molar-refractivity contribution in [3.05, 3.63) is 12.2 Å². The predicted molar refractivity (Wildman–Crippen MR) is 62.7 cm³/mol. The lowest BCUT2D eigenvalue weighted by Crippen LogP contribution is -2.50. The molecule has 0 aliphatic carbocycles. The van der Waals surface area contributed by atoms with E-state index < -0.39 is 0 Å². The minimum absolute atomic E-state index is 0.154. The number of carbonyl (C=O) groups is 1. The molecule has 0 aromatic heterocycles. The molecule has 1 heterocycles. The smallest absolute Gasteiger partial charge is 0.246 e. The number of allylic oxidation sites excluding steroid dienone is 1. The number of carbonyl (C=O) groups excluding carboxylic acids is 1. The topological polar surface area (TPSA) is 23.6 Å². The van der Waals surface area contributed by atoms with Gasteiger partial charge in [-0.2, -0.15) is 0 Å². The SMILES string of the molecule is CC=CC(=O)N1CCN(C(C)CC)CC1. The summed E-state index contributed by atoms with van der Waals surface area (Å²) in [5, 5.41) is 0. The van der Waals surface area contributed by atoms with Crippen LogP contribution >= 0.6 is 0 Å². The third-order valence-electron chi connectivity index (χ3n) is 3.15. The summed E-state index contributed by atoms with van der Waals surface area (Å²) >= 11 is 0. The number of amides is 1. The van der Waals surface area contributed by atoms with E-state index in [2.05, 4.69) is 18.7 Å². The third kappa shape index (κ3) is 3.34. The molecule has 3 nitrogen and oxygen atoms in total. The van der Waals surface area contributed by atoms with Crippen molar-refractivity contribution < 1.29 is 4.79 Å². The maximum Gasteiger partial charge on any atom is 0.246 e. The van der Waals surface area contributed by atoms with Gasteiger partial charge in [-0.05, 0) is 26.3 Å². The first-order chi connectivity index (χ1) is 7.19. The third-order valence-corrected chi connectivity index (χ3v) is 3.15. The molecule has 1 amide bonds. The highest BCUT2D eigenvalue weighted by Crippen LogP contribution is 2.08. The van der Waals surface area contributed by atoms with Gasteiger partial charge in [-0.25, -0.2) is 0 Å². The molecular weight excluding hydrogens is 188 g/mol. The van der Waals surface area contributed by atoms with E-state index in [9.17, 15) is 4.79 Å². The van der Waals surface area contributed by atoms with Gasteiger partial charge in [-0.3, -0.25) is 9.69 Å². The zero-order valence-corrected chi connectivity index (χ0v) is 10.1. The van der Waals surface area contributed by atoms with Crippen molar-refractivity contribution in [3.63, 3.8) is 0 Å². The second kappa shape index (κ2) is 5.91. The molecule has 0 saturated carbocycles. The number of hydrogen-bond donors (Lipinski definition) is 0. The van der Waals surface area contributed by atoms with Gasteiger partial charge in [-0.1, -0.05) is 13.0 Å². The summed E-state index contributed by atoms with van der Waals surface area (Å²) in [5.41, 5.74) is 0. The second-order valence-corrected chi connectivity index (χ2v) is 4.12. The average Bonchev–Trinajstić information content (AvgIpc) is 2.28. The van der Waals surface area contributed by atoms with E-state index >= 15 is 0 Å². The van der Waals surface area contributed by atoms with E-state index in [-0.39, 0.29) is 5.91 Å². The van der Waals surface area contributed by atoms with Gasteiger partial charge < -0.3 is 4.90 Å². The summed E-state index contributed by atoms with van der Waals surface area (Å²) in [7, 11) is 0. The lowest BCUT2D eigenvalue weighted by Gasteiger charge is -2.37. The molecule has 0 aromatic carbocycles. The molecule has 3 heteroatoms. The van der Waals surface area contributed by atoms with E-state index in [4.69, 9.17) is 0 Å². The summed E-state index contributed by atoms with van der Waals surface area (Å²) in [6, 6.07) is 0.643. The summed E-state index contributed by atoms with van der Waals surface area (Å²) in [5.74, 6) is 0.154. The number of nitrogens with zero attached hydrogens (tertiary/aromatic N) is 2. The first kappa shape index (κ1) is 12.2. The quantitative estimate of drug-likeness (QED) is 0.659. The minimum Gasteiger partial charge on any atom is -0.337 e. The highest BCUT2D eigenvalue weighted by atomic mass is 16.2. The van der Waals surface area contributed by atoms with Crippen LogP contribution in [0.15, 0.2) is 12.2 Å². The van der Waals surface area contributed by atoms with Crippen molar-refractivity contribution >= 4 is 5.91 Å². The van der Waals surface area contributed by atoms with Gasteiger partial charge in [0, 0.05) is 32.2 Å². The molecule has 1 unspecified atom stereocenters. The monoisotopic (exact) mass is 210 g/mol. The normalized spacial score (nSPS) is 20.9. The highest BCUT2D eigenvalue weighted by Gasteiger charge is 2.21. The molecule has 0 bridgehead atoms. The van der Waals surface area contributed by atoms with Gasteiger partial charge in [0.05, 0.1) is 0 Å². The lowest BCUT2D eigenvalue weighted by molar-refractivity contribution is -0.128. The molecule has 1 saturated heterocycles. The molecule has 1 aliphatic heterocycles.